The lowest BCUT2D eigenvalue weighted by molar-refractivity contribution is 0.0717. The number of carbonyl (C=O) groups is 1. The monoisotopic (exact) mass is 426 g/mol. The van der Waals surface area contributed by atoms with Crippen LogP contribution < -0.4 is 0 Å². The summed E-state index contributed by atoms with van der Waals surface area (Å²) in [4.78, 5) is 15.3. The van der Waals surface area contributed by atoms with Gasteiger partial charge < -0.3 is 9.32 Å². The van der Waals surface area contributed by atoms with E-state index in [0.717, 1.165) is 15.4 Å². The van der Waals surface area contributed by atoms with E-state index in [4.69, 9.17) is 4.42 Å². The van der Waals surface area contributed by atoms with Crippen molar-refractivity contribution in [1.82, 2.24) is 9.21 Å². The van der Waals surface area contributed by atoms with Crippen LogP contribution in [0.5, 0.6) is 0 Å². The molecule has 0 N–H and O–H groups in total. The van der Waals surface area contributed by atoms with Crippen molar-refractivity contribution in [3.05, 3.63) is 88.9 Å². The predicted molar refractivity (Wildman–Crippen MR) is 116 cm³/mol. The fourth-order valence-corrected chi connectivity index (χ4v) is 4.41. The highest BCUT2D eigenvalue weighted by Crippen LogP contribution is 2.25. The van der Waals surface area contributed by atoms with Gasteiger partial charge in [0.2, 0.25) is 10.0 Å². The van der Waals surface area contributed by atoms with E-state index in [9.17, 15) is 13.2 Å². The molecule has 3 rings (SSSR count). The first kappa shape index (κ1) is 21.8. The maximum Gasteiger partial charge on any atom is 0.254 e. The summed E-state index contributed by atoms with van der Waals surface area (Å²) in [6.45, 7) is 4.23. The number of sulfonamides is 1. The lowest BCUT2D eigenvalue weighted by Gasteiger charge is -2.23. The molecule has 0 atom stereocenters. The second-order valence-electron chi connectivity index (χ2n) is 7.43. The van der Waals surface area contributed by atoms with Crippen molar-refractivity contribution in [3.8, 4) is 0 Å². The summed E-state index contributed by atoms with van der Waals surface area (Å²) in [5, 5.41) is 0. The summed E-state index contributed by atoms with van der Waals surface area (Å²) >= 11 is 0. The number of hydrogen-bond acceptors (Lipinski definition) is 4. The normalized spacial score (nSPS) is 11.6. The second kappa shape index (κ2) is 8.85. The van der Waals surface area contributed by atoms with E-state index in [1.165, 1.54) is 20.2 Å². The molecular weight excluding hydrogens is 400 g/mol. The second-order valence-corrected chi connectivity index (χ2v) is 9.55. The number of nitrogens with zero attached hydrogens (tertiary/aromatic N) is 2. The molecule has 0 unspecified atom stereocenters. The largest absolute Gasteiger partial charge is 0.467 e. The van der Waals surface area contributed by atoms with Gasteiger partial charge >= 0.3 is 0 Å². The molecule has 1 aromatic heterocycles. The van der Waals surface area contributed by atoms with Gasteiger partial charge in [0, 0.05) is 26.2 Å². The molecule has 0 fully saturated rings. The molecule has 6 nitrogen and oxygen atoms in total. The Morgan fingerprint density at radius 3 is 2.27 bits per heavy atom. The summed E-state index contributed by atoms with van der Waals surface area (Å²) in [5.74, 6) is 0.401. The van der Waals surface area contributed by atoms with E-state index in [0.29, 0.717) is 23.4 Å². The maximum absolute atomic E-state index is 13.5. The molecule has 0 bridgehead atoms. The Balaban J connectivity index is 2.02. The molecule has 158 valence electrons. The van der Waals surface area contributed by atoms with E-state index in [-0.39, 0.29) is 17.3 Å². The summed E-state index contributed by atoms with van der Waals surface area (Å²) in [7, 11) is -0.710. The zero-order valence-electron chi connectivity index (χ0n) is 17.6. The van der Waals surface area contributed by atoms with Crippen molar-refractivity contribution in [2.75, 3.05) is 14.1 Å². The maximum atomic E-state index is 13.5. The third-order valence-corrected chi connectivity index (χ3v) is 7.00. The highest BCUT2D eigenvalue weighted by Gasteiger charge is 2.25. The Morgan fingerprint density at radius 1 is 0.967 bits per heavy atom. The van der Waals surface area contributed by atoms with Gasteiger partial charge in [-0.2, -0.15) is 0 Å². The molecule has 1 heterocycles. The van der Waals surface area contributed by atoms with Gasteiger partial charge in [-0.05, 0) is 54.8 Å². The van der Waals surface area contributed by atoms with Crippen LogP contribution >= 0.6 is 0 Å². The van der Waals surface area contributed by atoms with E-state index in [1.807, 2.05) is 43.3 Å². The third-order valence-electron chi connectivity index (χ3n) is 5.06. The molecule has 0 saturated carbocycles. The van der Waals surface area contributed by atoms with Crippen LogP contribution in [0.3, 0.4) is 0 Å². The fraction of sp³-hybridized carbons (Fsp3) is 0.261. The Bertz CT molecular complexity index is 1120. The number of carbonyl (C=O) groups excluding carboxylic acids is 1. The molecule has 0 saturated heterocycles. The zero-order valence-corrected chi connectivity index (χ0v) is 18.4. The van der Waals surface area contributed by atoms with Gasteiger partial charge in [0.1, 0.15) is 5.76 Å². The molecule has 0 aliphatic carbocycles. The quantitative estimate of drug-likeness (QED) is 0.573. The number of benzene rings is 2. The highest BCUT2D eigenvalue weighted by atomic mass is 32.2. The average Bonchev–Trinajstić information content (AvgIpc) is 3.22. The fourth-order valence-electron chi connectivity index (χ4n) is 3.19. The first-order valence-corrected chi connectivity index (χ1v) is 11.0. The van der Waals surface area contributed by atoms with Gasteiger partial charge in [-0.1, -0.05) is 30.3 Å². The van der Waals surface area contributed by atoms with Crippen molar-refractivity contribution in [3.63, 3.8) is 0 Å². The van der Waals surface area contributed by atoms with E-state index < -0.39 is 10.0 Å². The molecule has 30 heavy (non-hydrogen) atoms. The van der Waals surface area contributed by atoms with Crippen LogP contribution in [0.4, 0.5) is 0 Å². The summed E-state index contributed by atoms with van der Waals surface area (Å²) in [6, 6.07) is 16.5. The zero-order chi connectivity index (χ0) is 21.9. The molecular formula is C23H26N2O4S. The van der Waals surface area contributed by atoms with E-state index in [1.54, 1.807) is 30.2 Å². The van der Waals surface area contributed by atoms with Gasteiger partial charge in [0.05, 0.1) is 17.7 Å². The van der Waals surface area contributed by atoms with Crippen LogP contribution in [0.25, 0.3) is 0 Å². The number of amides is 1. The Morgan fingerprint density at radius 2 is 1.67 bits per heavy atom. The Labute approximate surface area is 177 Å². The Hall–Kier alpha value is -2.90. The average molecular weight is 427 g/mol. The van der Waals surface area contributed by atoms with Crippen LogP contribution in [0.15, 0.2) is 70.2 Å². The van der Waals surface area contributed by atoms with E-state index in [2.05, 4.69) is 0 Å². The minimum Gasteiger partial charge on any atom is -0.467 e. The van der Waals surface area contributed by atoms with Crippen molar-refractivity contribution in [2.45, 2.75) is 31.8 Å². The number of aryl methyl sites for hydroxylation is 1. The first-order chi connectivity index (χ1) is 14.2. The third kappa shape index (κ3) is 4.63. The molecule has 3 aromatic rings. The first-order valence-electron chi connectivity index (χ1n) is 9.59. The summed E-state index contributed by atoms with van der Waals surface area (Å²) < 4.78 is 32.2. The summed E-state index contributed by atoms with van der Waals surface area (Å²) in [6.07, 6.45) is 1.57. The van der Waals surface area contributed by atoms with E-state index >= 15 is 0 Å². The van der Waals surface area contributed by atoms with Gasteiger partial charge in [-0.25, -0.2) is 12.7 Å². The van der Waals surface area contributed by atoms with Crippen LogP contribution in [-0.4, -0.2) is 37.6 Å². The molecule has 2 aromatic carbocycles. The van der Waals surface area contributed by atoms with Crippen molar-refractivity contribution in [2.24, 2.45) is 0 Å². The minimum atomic E-state index is -3.68. The van der Waals surface area contributed by atoms with Crippen molar-refractivity contribution < 1.29 is 17.6 Å². The minimum absolute atomic E-state index is 0.147. The molecule has 7 heteroatoms. The van der Waals surface area contributed by atoms with Crippen molar-refractivity contribution in [1.29, 1.82) is 0 Å². The van der Waals surface area contributed by atoms with Crippen LogP contribution in [0, 0.1) is 13.8 Å². The van der Waals surface area contributed by atoms with Gasteiger partial charge in [-0.3, -0.25) is 4.79 Å². The number of furan rings is 1. The van der Waals surface area contributed by atoms with Crippen LogP contribution in [0.2, 0.25) is 0 Å². The standard InChI is InChI=1S/C23H26N2O4S/c1-17-13-20(14-22(18(17)2)30(27,28)24(3)4)23(26)25(16-21-11-8-12-29-21)15-19-9-6-5-7-10-19/h5-14H,15-16H2,1-4H3. The van der Waals surface area contributed by atoms with Crippen LogP contribution in [-0.2, 0) is 23.1 Å². The molecule has 0 aliphatic rings. The highest BCUT2D eigenvalue weighted by molar-refractivity contribution is 7.89. The van der Waals surface area contributed by atoms with Gasteiger partial charge in [0.25, 0.3) is 5.91 Å². The number of hydrogen-bond donors (Lipinski definition) is 0. The molecule has 0 radical (unpaired) electrons. The summed E-state index contributed by atoms with van der Waals surface area (Å²) in [5.41, 5.74) is 2.70. The lowest BCUT2D eigenvalue weighted by atomic mass is 10.0. The topological polar surface area (TPSA) is 70.8 Å². The predicted octanol–water partition coefficient (Wildman–Crippen LogP) is 3.99. The Kier molecular flexibility index (Phi) is 6.43. The molecule has 0 spiro atoms. The van der Waals surface area contributed by atoms with Crippen LogP contribution in [0.1, 0.15) is 32.8 Å². The molecule has 0 aliphatic heterocycles. The van der Waals surface area contributed by atoms with Gasteiger partial charge in [-0.15, -0.1) is 0 Å². The smallest absolute Gasteiger partial charge is 0.254 e. The SMILES string of the molecule is Cc1cc(C(=O)N(Cc2ccccc2)Cc2ccco2)cc(S(=O)(=O)N(C)C)c1C. The number of rotatable bonds is 7. The van der Waals surface area contributed by atoms with Gasteiger partial charge in [0.15, 0.2) is 0 Å². The molecule has 1 amide bonds. The lowest BCUT2D eigenvalue weighted by Crippen LogP contribution is -2.31. The van der Waals surface area contributed by atoms with Crippen molar-refractivity contribution >= 4 is 15.9 Å².